The average molecular weight is 341 g/mol. The average Bonchev–Trinajstić information content (AvgIpc) is 2.60. The Morgan fingerprint density at radius 1 is 1.16 bits per heavy atom. The fourth-order valence-electron chi connectivity index (χ4n) is 3.01. The molecule has 2 amide bonds. The molecule has 1 N–H and O–H groups in total. The Hall–Kier alpha value is -2.93. The normalized spacial score (nSPS) is 13.4. The third-order valence-electron chi connectivity index (χ3n) is 4.12. The maximum Gasteiger partial charge on any atom is 0.261 e. The van der Waals surface area contributed by atoms with Gasteiger partial charge < -0.3 is 20.0 Å². The second-order valence-corrected chi connectivity index (χ2v) is 5.73. The van der Waals surface area contributed by atoms with Gasteiger partial charge in [-0.25, -0.2) is 0 Å². The van der Waals surface area contributed by atoms with Crippen LogP contribution in [0.15, 0.2) is 30.3 Å². The zero-order valence-corrected chi connectivity index (χ0v) is 13.7. The maximum atomic E-state index is 12.5. The molecular weight excluding hydrogens is 324 g/mol. The minimum absolute atomic E-state index is 0.314. The van der Waals surface area contributed by atoms with Crippen LogP contribution in [0.4, 0.5) is 5.69 Å². The molecule has 0 saturated heterocycles. The highest BCUT2D eigenvalue weighted by Crippen LogP contribution is 2.34. The van der Waals surface area contributed by atoms with E-state index in [0.717, 1.165) is 17.5 Å². The molecule has 130 valence electrons. The molecular formula is C18H17N2O5-. The molecule has 1 aliphatic rings. The first kappa shape index (κ1) is 16.9. The number of carbonyl (C=O) groups is 3. The maximum absolute atomic E-state index is 12.5. The van der Waals surface area contributed by atoms with Crippen molar-refractivity contribution in [1.29, 1.82) is 0 Å². The Morgan fingerprint density at radius 2 is 1.88 bits per heavy atom. The molecule has 0 saturated carbocycles. The second-order valence-electron chi connectivity index (χ2n) is 5.73. The van der Waals surface area contributed by atoms with Gasteiger partial charge in [-0.1, -0.05) is 12.1 Å². The number of benzene rings is 2. The molecule has 2 aromatic rings. The number of hydrogen-bond acceptors (Lipinski definition) is 6. The summed E-state index contributed by atoms with van der Waals surface area (Å²) in [5.41, 5.74) is 1.44. The summed E-state index contributed by atoms with van der Waals surface area (Å²) in [5, 5.41) is 15.4. The van der Waals surface area contributed by atoms with E-state index in [2.05, 4.69) is 5.32 Å². The number of carboxylic acids is 1. The van der Waals surface area contributed by atoms with Gasteiger partial charge in [0, 0.05) is 47.8 Å². The molecule has 0 fully saturated rings. The van der Waals surface area contributed by atoms with Gasteiger partial charge in [-0.15, -0.1) is 0 Å². The fourth-order valence-corrected chi connectivity index (χ4v) is 3.01. The molecule has 1 heterocycles. The van der Waals surface area contributed by atoms with Crippen molar-refractivity contribution in [2.75, 3.05) is 32.1 Å². The van der Waals surface area contributed by atoms with Gasteiger partial charge in [0.25, 0.3) is 11.8 Å². The molecule has 0 spiro atoms. The standard InChI is InChI=1S/C18H18N2O5/c1-25-9-3-8-19-14-7-6-13-16-11(14)4-2-5-12(16)17(23)20(18(13)24)10-15(21)22/h2,4-7,19H,3,8-10H2,1H3,(H,21,22)/p-1. The van der Waals surface area contributed by atoms with Gasteiger partial charge >= 0.3 is 0 Å². The highest BCUT2D eigenvalue weighted by molar-refractivity contribution is 6.27. The smallest absolute Gasteiger partial charge is 0.261 e. The van der Waals surface area contributed by atoms with Gasteiger partial charge in [-0.3, -0.25) is 14.5 Å². The largest absolute Gasteiger partial charge is 0.548 e. The lowest BCUT2D eigenvalue weighted by atomic mass is 9.93. The zero-order chi connectivity index (χ0) is 18.0. The van der Waals surface area contributed by atoms with Crippen molar-refractivity contribution >= 4 is 34.2 Å². The van der Waals surface area contributed by atoms with Gasteiger partial charge in [0.15, 0.2) is 0 Å². The lowest BCUT2D eigenvalue weighted by molar-refractivity contribution is -0.305. The van der Waals surface area contributed by atoms with Crippen molar-refractivity contribution in [1.82, 2.24) is 4.90 Å². The summed E-state index contributed by atoms with van der Waals surface area (Å²) in [6, 6.07) is 8.51. The molecule has 7 heteroatoms. The van der Waals surface area contributed by atoms with E-state index in [1.807, 2.05) is 6.07 Å². The summed E-state index contributed by atoms with van der Waals surface area (Å²) in [6.45, 7) is 0.555. The first-order valence-corrected chi connectivity index (χ1v) is 7.89. The van der Waals surface area contributed by atoms with Crippen LogP contribution in [0.3, 0.4) is 0 Å². The Labute approximate surface area is 144 Å². The third-order valence-corrected chi connectivity index (χ3v) is 4.12. The summed E-state index contributed by atoms with van der Waals surface area (Å²) >= 11 is 0. The number of rotatable bonds is 7. The lowest BCUT2D eigenvalue weighted by Gasteiger charge is -2.28. The van der Waals surface area contributed by atoms with Crippen LogP contribution < -0.4 is 10.4 Å². The highest BCUT2D eigenvalue weighted by Gasteiger charge is 2.33. The number of nitrogens with zero attached hydrogens (tertiary/aromatic N) is 1. The highest BCUT2D eigenvalue weighted by atomic mass is 16.5. The number of methoxy groups -OCH3 is 1. The van der Waals surface area contributed by atoms with E-state index in [0.29, 0.717) is 34.6 Å². The summed E-state index contributed by atoms with van der Waals surface area (Å²) in [4.78, 5) is 36.6. The van der Waals surface area contributed by atoms with Crippen molar-refractivity contribution in [2.24, 2.45) is 0 Å². The number of hydrogen-bond donors (Lipinski definition) is 1. The van der Waals surface area contributed by atoms with Gasteiger partial charge in [0.05, 0.1) is 12.5 Å². The minimum atomic E-state index is -1.48. The van der Waals surface area contributed by atoms with Crippen LogP contribution in [0.1, 0.15) is 27.1 Å². The SMILES string of the molecule is COCCCNc1ccc2c3c(cccc13)C(=O)N(CC(=O)[O-])C2=O. The van der Waals surface area contributed by atoms with Crippen LogP contribution in [0.2, 0.25) is 0 Å². The topological polar surface area (TPSA) is 98.8 Å². The van der Waals surface area contributed by atoms with E-state index in [4.69, 9.17) is 4.74 Å². The van der Waals surface area contributed by atoms with Crippen LogP contribution in [0, 0.1) is 0 Å². The lowest BCUT2D eigenvalue weighted by Crippen LogP contribution is -2.46. The van der Waals surface area contributed by atoms with Crippen LogP contribution in [-0.4, -0.2) is 49.5 Å². The molecule has 3 rings (SSSR count). The molecule has 0 aromatic heterocycles. The van der Waals surface area contributed by atoms with Gasteiger partial charge in [-0.05, 0) is 24.6 Å². The van der Waals surface area contributed by atoms with E-state index in [1.165, 1.54) is 0 Å². The molecule has 0 atom stereocenters. The zero-order valence-electron chi connectivity index (χ0n) is 13.7. The van der Waals surface area contributed by atoms with Crippen molar-refractivity contribution in [2.45, 2.75) is 6.42 Å². The van der Waals surface area contributed by atoms with Crippen LogP contribution >= 0.6 is 0 Å². The van der Waals surface area contributed by atoms with E-state index >= 15 is 0 Å². The molecule has 2 aromatic carbocycles. The molecule has 0 radical (unpaired) electrons. The van der Waals surface area contributed by atoms with E-state index in [1.54, 1.807) is 31.4 Å². The Balaban J connectivity index is 2.03. The van der Waals surface area contributed by atoms with Crippen LogP contribution in [0.5, 0.6) is 0 Å². The van der Waals surface area contributed by atoms with Gasteiger partial charge in [-0.2, -0.15) is 0 Å². The van der Waals surface area contributed by atoms with Gasteiger partial charge in [0.1, 0.15) is 0 Å². The Bertz CT molecular complexity index is 840. The molecule has 1 aliphatic heterocycles. The summed E-state index contributed by atoms with van der Waals surface area (Å²) in [7, 11) is 1.64. The number of amides is 2. The first-order chi connectivity index (χ1) is 12.0. The van der Waals surface area contributed by atoms with Gasteiger partial charge in [0.2, 0.25) is 0 Å². The van der Waals surface area contributed by atoms with Crippen LogP contribution in [-0.2, 0) is 9.53 Å². The third kappa shape index (κ3) is 3.06. The van der Waals surface area contributed by atoms with Crippen molar-refractivity contribution < 1.29 is 24.2 Å². The van der Waals surface area contributed by atoms with E-state index in [9.17, 15) is 19.5 Å². The monoisotopic (exact) mass is 341 g/mol. The molecule has 0 bridgehead atoms. The number of imide groups is 1. The Kier molecular flexibility index (Phi) is 4.67. The molecule has 25 heavy (non-hydrogen) atoms. The number of nitrogens with one attached hydrogen (secondary N) is 1. The molecule has 0 aliphatic carbocycles. The summed E-state index contributed by atoms with van der Waals surface area (Å²) < 4.78 is 5.02. The summed E-state index contributed by atoms with van der Waals surface area (Å²) in [5.74, 6) is -2.72. The Morgan fingerprint density at radius 3 is 2.56 bits per heavy atom. The predicted octanol–water partition coefficient (Wildman–Crippen LogP) is 0.634. The fraction of sp³-hybridized carbons (Fsp3) is 0.278. The van der Waals surface area contributed by atoms with Crippen LogP contribution in [0.25, 0.3) is 10.8 Å². The number of carboxylic acid groups (broad SMARTS) is 1. The van der Waals surface area contributed by atoms with Crippen molar-refractivity contribution in [3.05, 3.63) is 41.5 Å². The molecule has 0 unspecified atom stereocenters. The van der Waals surface area contributed by atoms with E-state index < -0.39 is 24.3 Å². The first-order valence-electron chi connectivity index (χ1n) is 7.89. The summed E-state index contributed by atoms with van der Waals surface area (Å²) in [6.07, 6.45) is 0.816. The second kappa shape index (κ2) is 6.90. The minimum Gasteiger partial charge on any atom is -0.548 e. The predicted molar refractivity (Wildman–Crippen MR) is 89.3 cm³/mol. The van der Waals surface area contributed by atoms with E-state index in [-0.39, 0.29) is 0 Å². The van der Waals surface area contributed by atoms with Crippen molar-refractivity contribution in [3.8, 4) is 0 Å². The number of aliphatic carboxylic acids is 1. The number of anilines is 1. The molecule has 7 nitrogen and oxygen atoms in total. The number of carbonyl (C=O) groups excluding carboxylic acids is 3. The quantitative estimate of drug-likeness (QED) is 0.586. The van der Waals surface area contributed by atoms with Crippen molar-refractivity contribution in [3.63, 3.8) is 0 Å². The number of ether oxygens (including phenoxy) is 1.